The van der Waals surface area contributed by atoms with E-state index in [1.165, 1.54) is 4.88 Å². The van der Waals surface area contributed by atoms with Crippen LogP contribution in [0.1, 0.15) is 30.6 Å². The van der Waals surface area contributed by atoms with E-state index in [4.69, 9.17) is 5.73 Å². The molecule has 0 unspecified atom stereocenters. The summed E-state index contributed by atoms with van der Waals surface area (Å²) >= 11 is 5.18. The second-order valence-electron chi connectivity index (χ2n) is 5.04. The molecule has 1 saturated carbocycles. The van der Waals surface area contributed by atoms with E-state index >= 15 is 0 Å². The molecule has 1 amide bonds. The first kappa shape index (κ1) is 14.0. The summed E-state index contributed by atoms with van der Waals surface area (Å²) in [5, 5.41) is 3.00. The minimum atomic E-state index is 0.158. The van der Waals surface area contributed by atoms with E-state index in [2.05, 4.69) is 33.4 Å². The Labute approximate surface area is 120 Å². The van der Waals surface area contributed by atoms with Gasteiger partial charge in [0.2, 0.25) is 5.91 Å². The first-order chi connectivity index (χ1) is 8.63. The molecule has 0 bridgehead atoms. The molecule has 3 N–H and O–H groups in total. The predicted molar refractivity (Wildman–Crippen MR) is 78.7 cm³/mol. The Balaban J connectivity index is 1.60. The molecule has 0 spiro atoms. The van der Waals surface area contributed by atoms with Crippen molar-refractivity contribution in [1.82, 2.24) is 5.32 Å². The van der Waals surface area contributed by atoms with Crippen molar-refractivity contribution < 1.29 is 4.79 Å². The number of carbonyl (C=O) groups excluding carboxylic acids is 1. The van der Waals surface area contributed by atoms with E-state index in [1.807, 2.05) is 0 Å². The summed E-state index contributed by atoms with van der Waals surface area (Å²) in [4.78, 5) is 13.0. The molecule has 3 nitrogen and oxygen atoms in total. The summed E-state index contributed by atoms with van der Waals surface area (Å²) in [5.74, 6) is 0.158. The number of rotatable bonds is 7. The van der Waals surface area contributed by atoms with Crippen LogP contribution in [0.25, 0.3) is 0 Å². The Morgan fingerprint density at radius 3 is 2.83 bits per heavy atom. The smallest absolute Gasteiger partial charge is 0.220 e. The van der Waals surface area contributed by atoms with Crippen LogP contribution in [0.2, 0.25) is 0 Å². The van der Waals surface area contributed by atoms with Crippen LogP contribution in [0.15, 0.2) is 15.9 Å². The molecule has 2 rings (SSSR count). The number of halogens is 1. The molecule has 0 aliphatic heterocycles. The van der Waals surface area contributed by atoms with Crippen LogP contribution in [0.3, 0.4) is 0 Å². The topological polar surface area (TPSA) is 55.1 Å². The molecular weight excluding hydrogens is 312 g/mol. The fraction of sp³-hybridized carbons (Fsp3) is 0.615. The number of thiophene rings is 1. The first-order valence-corrected chi connectivity index (χ1v) is 7.95. The number of carbonyl (C=O) groups is 1. The predicted octanol–water partition coefficient (Wildman–Crippen LogP) is 2.69. The highest BCUT2D eigenvalue weighted by Gasteiger charge is 2.41. The molecule has 1 aromatic rings. The second-order valence-corrected chi connectivity index (χ2v) is 7.59. The number of hydrogen-bond donors (Lipinski definition) is 2. The molecule has 5 heteroatoms. The van der Waals surface area contributed by atoms with Crippen LogP contribution in [-0.4, -0.2) is 19.0 Å². The maximum Gasteiger partial charge on any atom is 0.220 e. The number of nitrogens with one attached hydrogen (secondary N) is 1. The normalized spacial score (nSPS) is 16.6. The minimum absolute atomic E-state index is 0.158. The van der Waals surface area contributed by atoms with Gasteiger partial charge in [-0.25, -0.2) is 0 Å². The van der Waals surface area contributed by atoms with E-state index in [0.717, 1.165) is 36.0 Å². The zero-order valence-corrected chi connectivity index (χ0v) is 12.8. The molecule has 1 aromatic heterocycles. The van der Waals surface area contributed by atoms with Crippen LogP contribution in [0.4, 0.5) is 0 Å². The van der Waals surface area contributed by atoms with E-state index in [-0.39, 0.29) is 11.3 Å². The monoisotopic (exact) mass is 330 g/mol. The third-order valence-electron chi connectivity index (χ3n) is 3.51. The Bertz CT molecular complexity index is 415. The molecule has 0 aromatic carbocycles. The van der Waals surface area contributed by atoms with Crippen molar-refractivity contribution in [3.63, 3.8) is 0 Å². The molecular formula is C13H19BrN2OS. The van der Waals surface area contributed by atoms with E-state index in [0.29, 0.717) is 13.0 Å². The van der Waals surface area contributed by atoms with Crippen molar-refractivity contribution >= 4 is 33.2 Å². The number of hydrogen-bond acceptors (Lipinski definition) is 3. The average molecular weight is 331 g/mol. The minimum Gasteiger partial charge on any atom is -0.355 e. The Kier molecular flexibility index (Phi) is 4.81. The van der Waals surface area contributed by atoms with Crippen molar-refractivity contribution in [3.05, 3.63) is 20.8 Å². The maximum atomic E-state index is 11.7. The van der Waals surface area contributed by atoms with Gasteiger partial charge in [-0.2, -0.15) is 0 Å². The van der Waals surface area contributed by atoms with Gasteiger partial charge in [-0.05, 0) is 65.7 Å². The largest absolute Gasteiger partial charge is 0.355 e. The van der Waals surface area contributed by atoms with Crippen molar-refractivity contribution in [1.29, 1.82) is 0 Å². The standard InChI is InChI=1S/C13H19BrN2OS/c14-11-5-4-10(18-11)2-1-3-12(17)16-9-13(8-15)6-7-13/h4-5H,1-3,6-9,15H2,(H,16,17). The third-order valence-corrected chi connectivity index (χ3v) is 5.19. The molecule has 1 heterocycles. The zero-order valence-electron chi connectivity index (χ0n) is 10.4. The Morgan fingerprint density at radius 1 is 1.50 bits per heavy atom. The molecule has 0 radical (unpaired) electrons. The van der Waals surface area contributed by atoms with Crippen molar-refractivity contribution in [2.75, 3.05) is 13.1 Å². The van der Waals surface area contributed by atoms with Crippen LogP contribution in [0, 0.1) is 5.41 Å². The van der Waals surface area contributed by atoms with Gasteiger partial charge in [0, 0.05) is 17.8 Å². The third kappa shape index (κ3) is 4.07. The average Bonchev–Trinajstić information content (AvgIpc) is 3.04. The lowest BCUT2D eigenvalue weighted by Crippen LogP contribution is -2.33. The fourth-order valence-electron chi connectivity index (χ4n) is 1.91. The molecule has 1 aliphatic carbocycles. The summed E-state index contributed by atoms with van der Waals surface area (Å²) in [6.45, 7) is 1.45. The van der Waals surface area contributed by atoms with Crippen LogP contribution < -0.4 is 11.1 Å². The molecule has 100 valence electrons. The van der Waals surface area contributed by atoms with Gasteiger partial charge in [0.25, 0.3) is 0 Å². The summed E-state index contributed by atoms with van der Waals surface area (Å²) < 4.78 is 1.15. The van der Waals surface area contributed by atoms with Crippen LogP contribution >= 0.6 is 27.3 Å². The van der Waals surface area contributed by atoms with Gasteiger partial charge in [-0.3, -0.25) is 4.79 Å². The number of amides is 1. The van der Waals surface area contributed by atoms with Crippen molar-refractivity contribution in [3.8, 4) is 0 Å². The van der Waals surface area contributed by atoms with Gasteiger partial charge in [0.05, 0.1) is 3.79 Å². The van der Waals surface area contributed by atoms with E-state index < -0.39 is 0 Å². The summed E-state index contributed by atoms with van der Waals surface area (Å²) in [6, 6.07) is 4.17. The Morgan fingerprint density at radius 2 is 2.28 bits per heavy atom. The highest BCUT2D eigenvalue weighted by Crippen LogP contribution is 2.43. The summed E-state index contributed by atoms with van der Waals surface area (Å²) in [5.41, 5.74) is 5.91. The first-order valence-electron chi connectivity index (χ1n) is 6.35. The lowest BCUT2D eigenvalue weighted by Gasteiger charge is -2.13. The molecule has 0 saturated heterocycles. The molecule has 0 atom stereocenters. The fourth-order valence-corrected chi connectivity index (χ4v) is 3.44. The highest BCUT2D eigenvalue weighted by molar-refractivity contribution is 9.11. The quantitative estimate of drug-likeness (QED) is 0.807. The van der Waals surface area contributed by atoms with Gasteiger partial charge in [0.1, 0.15) is 0 Å². The summed E-state index contributed by atoms with van der Waals surface area (Å²) in [7, 11) is 0. The Hall–Kier alpha value is -0.390. The van der Waals surface area contributed by atoms with E-state index in [9.17, 15) is 4.79 Å². The van der Waals surface area contributed by atoms with E-state index in [1.54, 1.807) is 11.3 Å². The lowest BCUT2D eigenvalue weighted by atomic mass is 10.1. The van der Waals surface area contributed by atoms with Gasteiger partial charge < -0.3 is 11.1 Å². The second kappa shape index (κ2) is 6.17. The SMILES string of the molecule is NCC1(CNC(=O)CCCc2ccc(Br)s2)CC1. The lowest BCUT2D eigenvalue weighted by molar-refractivity contribution is -0.121. The maximum absolute atomic E-state index is 11.7. The van der Waals surface area contributed by atoms with Crippen molar-refractivity contribution in [2.45, 2.75) is 32.1 Å². The van der Waals surface area contributed by atoms with Crippen LogP contribution in [0.5, 0.6) is 0 Å². The summed E-state index contributed by atoms with van der Waals surface area (Å²) in [6.07, 6.45) is 4.82. The van der Waals surface area contributed by atoms with Crippen LogP contribution in [-0.2, 0) is 11.2 Å². The van der Waals surface area contributed by atoms with Gasteiger partial charge in [-0.15, -0.1) is 11.3 Å². The molecule has 1 fully saturated rings. The molecule has 18 heavy (non-hydrogen) atoms. The van der Waals surface area contributed by atoms with Gasteiger partial charge >= 0.3 is 0 Å². The number of nitrogens with two attached hydrogens (primary N) is 1. The number of aryl methyl sites for hydroxylation is 1. The van der Waals surface area contributed by atoms with Gasteiger partial charge in [0.15, 0.2) is 0 Å². The molecule has 1 aliphatic rings. The van der Waals surface area contributed by atoms with Gasteiger partial charge in [-0.1, -0.05) is 0 Å². The highest BCUT2D eigenvalue weighted by atomic mass is 79.9. The van der Waals surface area contributed by atoms with Crippen molar-refractivity contribution in [2.24, 2.45) is 11.1 Å². The zero-order chi connectivity index (χ0) is 13.0.